The van der Waals surface area contributed by atoms with Crippen LogP contribution in [0.3, 0.4) is 0 Å². The third kappa shape index (κ3) is 4.66. The number of aliphatic hydroxyl groups is 1. The molecular formula is C31H27F6NO5. The summed E-state index contributed by atoms with van der Waals surface area (Å²) in [5.41, 5.74) is -3.47. The van der Waals surface area contributed by atoms with E-state index in [4.69, 9.17) is 4.74 Å². The van der Waals surface area contributed by atoms with Crippen molar-refractivity contribution in [1.82, 2.24) is 0 Å². The van der Waals surface area contributed by atoms with Crippen LogP contribution in [0.2, 0.25) is 0 Å². The maximum Gasteiger partial charge on any atom is 0.416 e. The monoisotopic (exact) mass is 607 g/mol. The molecule has 6 atom stereocenters. The molecule has 3 aromatic carbocycles. The quantitative estimate of drug-likeness (QED) is 0.247. The van der Waals surface area contributed by atoms with Crippen LogP contribution in [0, 0.1) is 23.7 Å². The zero-order chi connectivity index (χ0) is 31.1. The van der Waals surface area contributed by atoms with Crippen LogP contribution in [0.5, 0.6) is 5.75 Å². The lowest BCUT2D eigenvalue weighted by atomic mass is 9.63. The van der Waals surface area contributed by atoms with Gasteiger partial charge in [0.05, 0.1) is 34.8 Å². The first-order valence-corrected chi connectivity index (χ1v) is 13.9. The normalized spacial score (nSPS) is 29.3. The largest absolute Gasteiger partial charge is 0.507 e. The number of rotatable bonds is 4. The fraction of sp³-hybridized carbons (Fsp3) is 0.419. The molecule has 6 rings (SSSR count). The zero-order valence-electron chi connectivity index (χ0n) is 22.7. The second kappa shape index (κ2) is 9.95. The number of amides is 2. The predicted octanol–water partition coefficient (Wildman–Crippen LogP) is 6.98. The minimum Gasteiger partial charge on any atom is -0.507 e. The van der Waals surface area contributed by atoms with Crippen LogP contribution in [0.4, 0.5) is 32.0 Å². The Labute approximate surface area is 241 Å². The molecule has 3 aromatic rings. The van der Waals surface area contributed by atoms with Crippen LogP contribution < -0.4 is 4.90 Å². The Kier molecular flexibility index (Phi) is 6.81. The average molecular weight is 608 g/mol. The van der Waals surface area contributed by atoms with Crippen molar-refractivity contribution >= 4 is 28.3 Å². The molecule has 43 heavy (non-hydrogen) atoms. The number of phenolic OH excluding ortho intramolecular Hbond substituents is 1. The Balaban J connectivity index is 1.43. The lowest BCUT2D eigenvalue weighted by Gasteiger charge is -2.44. The number of hydrogen-bond acceptors (Lipinski definition) is 5. The van der Waals surface area contributed by atoms with Gasteiger partial charge in [0.2, 0.25) is 11.8 Å². The van der Waals surface area contributed by atoms with Crippen molar-refractivity contribution in [2.24, 2.45) is 23.7 Å². The van der Waals surface area contributed by atoms with Gasteiger partial charge in [-0.25, -0.2) is 0 Å². The van der Waals surface area contributed by atoms with Crippen LogP contribution in [0.15, 0.2) is 54.6 Å². The summed E-state index contributed by atoms with van der Waals surface area (Å²) in [6.45, 7) is 1.86. The Morgan fingerprint density at radius 1 is 0.907 bits per heavy atom. The van der Waals surface area contributed by atoms with Gasteiger partial charge in [-0.3, -0.25) is 14.5 Å². The number of halogens is 6. The first-order chi connectivity index (χ1) is 20.1. The molecule has 2 aliphatic heterocycles. The van der Waals surface area contributed by atoms with Crippen LogP contribution in [0.1, 0.15) is 55.4 Å². The molecule has 6 nitrogen and oxygen atoms in total. The third-order valence-corrected chi connectivity index (χ3v) is 9.11. The number of fused-ring (bicyclic) bond motifs is 4. The SMILES string of the molecule is CCC[C@H]1C[C@@H]2C(=O)N(c3cc(C(F)(F)F)cc(C(F)(F)F)c3)C(=O)[C@@H]2[C@@H]2C[C@@H](c3ccc(O)c4ccccc34)O[C@]12O. The second-order valence-corrected chi connectivity index (χ2v) is 11.5. The first-order valence-electron chi connectivity index (χ1n) is 13.9. The van der Waals surface area contributed by atoms with E-state index in [1.54, 1.807) is 30.3 Å². The maximum absolute atomic E-state index is 13.9. The summed E-state index contributed by atoms with van der Waals surface area (Å²) in [5, 5.41) is 23.6. The molecule has 1 aliphatic carbocycles. The molecule has 12 heteroatoms. The number of carbonyl (C=O) groups excluding carboxylic acids is 2. The highest BCUT2D eigenvalue weighted by Crippen LogP contribution is 2.60. The van der Waals surface area contributed by atoms with Crippen molar-refractivity contribution < 1.29 is 50.9 Å². The molecule has 0 aromatic heterocycles. The number of benzene rings is 3. The summed E-state index contributed by atoms with van der Waals surface area (Å²) >= 11 is 0. The van der Waals surface area contributed by atoms with Crippen molar-refractivity contribution in [3.8, 4) is 5.75 Å². The molecule has 0 bridgehead atoms. The second-order valence-electron chi connectivity index (χ2n) is 11.5. The number of imide groups is 1. The van der Waals surface area contributed by atoms with Gasteiger partial charge in [0.15, 0.2) is 5.79 Å². The molecular weight excluding hydrogens is 580 g/mol. The van der Waals surface area contributed by atoms with Gasteiger partial charge in [-0.15, -0.1) is 0 Å². The van der Waals surface area contributed by atoms with E-state index in [1.807, 2.05) is 6.92 Å². The molecule has 3 fully saturated rings. The van der Waals surface area contributed by atoms with E-state index in [0.29, 0.717) is 46.2 Å². The molecule has 228 valence electrons. The van der Waals surface area contributed by atoms with E-state index >= 15 is 0 Å². The average Bonchev–Trinajstić information content (AvgIpc) is 3.41. The van der Waals surface area contributed by atoms with Gasteiger partial charge in [0.25, 0.3) is 0 Å². The molecule has 0 unspecified atom stereocenters. The summed E-state index contributed by atoms with van der Waals surface area (Å²) in [6.07, 6.45) is -10.1. The predicted molar refractivity (Wildman–Crippen MR) is 141 cm³/mol. The lowest BCUT2D eigenvalue weighted by Crippen LogP contribution is -2.53. The van der Waals surface area contributed by atoms with E-state index < -0.39 is 76.5 Å². The van der Waals surface area contributed by atoms with Gasteiger partial charge in [0.1, 0.15) is 5.75 Å². The minimum absolute atomic E-state index is 0.0271. The smallest absolute Gasteiger partial charge is 0.416 e. The van der Waals surface area contributed by atoms with E-state index in [0.717, 1.165) is 0 Å². The van der Waals surface area contributed by atoms with Crippen molar-refractivity contribution in [3.63, 3.8) is 0 Å². The lowest BCUT2D eigenvalue weighted by molar-refractivity contribution is -0.269. The molecule has 0 spiro atoms. The summed E-state index contributed by atoms with van der Waals surface area (Å²) in [4.78, 5) is 28.0. The summed E-state index contributed by atoms with van der Waals surface area (Å²) in [7, 11) is 0. The number of phenols is 1. The molecule has 2 amide bonds. The van der Waals surface area contributed by atoms with Gasteiger partial charge in [-0.05, 0) is 54.5 Å². The van der Waals surface area contributed by atoms with Gasteiger partial charge >= 0.3 is 12.4 Å². The Bertz CT molecular complexity index is 1590. The third-order valence-electron chi connectivity index (χ3n) is 9.11. The van der Waals surface area contributed by atoms with Gasteiger partial charge < -0.3 is 14.9 Å². The Morgan fingerprint density at radius 2 is 1.53 bits per heavy atom. The van der Waals surface area contributed by atoms with Crippen LogP contribution in [0.25, 0.3) is 10.8 Å². The van der Waals surface area contributed by atoms with Crippen molar-refractivity contribution in [3.05, 3.63) is 71.3 Å². The summed E-state index contributed by atoms with van der Waals surface area (Å²) in [5.74, 6) is -7.58. The summed E-state index contributed by atoms with van der Waals surface area (Å²) in [6, 6.07) is 10.8. The van der Waals surface area contributed by atoms with E-state index in [-0.39, 0.29) is 24.7 Å². The van der Waals surface area contributed by atoms with Crippen LogP contribution in [-0.2, 0) is 26.7 Å². The van der Waals surface area contributed by atoms with E-state index in [1.165, 1.54) is 6.07 Å². The topological polar surface area (TPSA) is 87.1 Å². The molecule has 3 aliphatic rings. The number of alkyl halides is 6. The van der Waals surface area contributed by atoms with Crippen LogP contribution >= 0.6 is 0 Å². The van der Waals surface area contributed by atoms with Crippen molar-refractivity contribution in [2.45, 2.75) is 56.9 Å². The summed E-state index contributed by atoms with van der Waals surface area (Å²) < 4.78 is 87.9. The number of hydrogen-bond donors (Lipinski definition) is 2. The number of ether oxygens (including phenoxy) is 1. The molecule has 0 radical (unpaired) electrons. The molecule has 2 heterocycles. The Hall–Kier alpha value is -3.64. The highest BCUT2D eigenvalue weighted by atomic mass is 19.4. The van der Waals surface area contributed by atoms with Gasteiger partial charge in [-0.2, -0.15) is 26.3 Å². The van der Waals surface area contributed by atoms with Gasteiger partial charge in [-0.1, -0.05) is 43.7 Å². The highest BCUT2D eigenvalue weighted by molar-refractivity contribution is 6.22. The number of anilines is 1. The van der Waals surface area contributed by atoms with Gasteiger partial charge in [0, 0.05) is 17.2 Å². The number of nitrogens with zero attached hydrogens (tertiary/aromatic N) is 1. The number of aromatic hydroxyl groups is 1. The standard InChI is InChI=1S/C31H27F6NO5/c1-2-5-15-13-22-26(23-14-25(43-29(15,23)42)21-8-9-24(39)20-7-4-3-6-19(20)21)28(41)38(27(22)40)18-11-16(30(32,33)34)10-17(12-18)31(35,36)37/h3-4,6-12,15,22-23,25-26,39,42H,2,5,13-14H2,1H3/t15-,22-,23-,25-,26-,29+/m0/s1. The van der Waals surface area contributed by atoms with E-state index in [9.17, 15) is 46.1 Å². The molecule has 1 saturated carbocycles. The maximum atomic E-state index is 13.9. The highest BCUT2D eigenvalue weighted by Gasteiger charge is 2.66. The van der Waals surface area contributed by atoms with Crippen molar-refractivity contribution in [1.29, 1.82) is 0 Å². The molecule has 2 N–H and O–H groups in total. The minimum atomic E-state index is -5.17. The van der Waals surface area contributed by atoms with E-state index in [2.05, 4.69) is 0 Å². The fourth-order valence-corrected chi connectivity index (χ4v) is 7.26. The van der Waals surface area contributed by atoms with Crippen molar-refractivity contribution in [2.75, 3.05) is 4.90 Å². The zero-order valence-corrected chi connectivity index (χ0v) is 22.7. The fourth-order valence-electron chi connectivity index (χ4n) is 7.26. The molecule has 2 saturated heterocycles. The van der Waals surface area contributed by atoms with Crippen LogP contribution in [-0.4, -0.2) is 27.8 Å². The first kappa shape index (κ1) is 29.4. The number of carbonyl (C=O) groups is 2. The Morgan fingerprint density at radius 3 is 2.14 bits per heavy atom.